The fourth-order valence-electron chi connectivity index (χ4n) is 1.07. The van der Waals surface area contributed by atoms with Crippen molar-refractivity contribution in [2.45, 2.75) is 13.8 Å². The van der Waals surface area contributed by atoms with E-state index < -0.39 is 0 Å². The van der Waals surface area contributed by atoms with E-state index in [4.69, 9.17) is 17.3 Å². The molecule has 16 heavy (non-hydrogen) atoms. The molecule has 1 rings (SSSR count). The summed E-state index contributed by atoms with van der Waals surface area (Å²) in [4.78, 5) is 14.5. The monoisotopic (exact) mass is 240 g/mol. The van der Waals surface area contributed by atoms with Gasteiger partial charge in [-0.05, 0) is 12.1 Å². The van der Waals surface area contributed by atoms with Crippen LogP contribution in [0.25, 0.3) is 0 Å². The molecule has 5 heteroatoms. The van der Waals surface area contributed by atoms with Crippen LogP contribution in [-0.4, -0.2) is 29.1 Å². The molecule has 0 aliphatic rings. The number of carbonyl (C=O) groups is 1. The summed E-state index contributed by atoms with van der Waals surface area (Å²) in [5, 5.41) is 11.8. The highest BCUT2D eigenvalue weighted by molar-refractivity contribution is 7.71. The third kappa shape index (κ3) is 3.43. The van der Waals surface area contributed by atoms with Crippen LogP contribution < -0.4 is 5.32 Å². The number of aromatic nitrogens is 1. The molecule has 0 aromatic carbocycles. The van der Waals surface area contributed by atoms with E-state index in [1.54, 1.807) is 18.3 Å². The van der Waals surface area contributed by atoms with E-state index in [0.29, 0.717) is 16.7 Å². The van der Waals surface area contributed by atoms with Gasteiger partial charge in [0.1, 0.15) is 4.64 Å². The molecule has 0 saturated carbocycles. The molecule has 0 aliphatic heterocycles. The van der Waals surface area contributed by atoms with Crippen LogP contribution in [0.1, 0.15) is 24.2 Å². The summed E-state index contributed by atoms with van der Waals surface area (Å²) in [5.74, 6) is -0.219. The lowest BCUT2D eigenvalue weighted by atomic mass is 9.95. The van der Waals surface area contributed by atoms with Crippen molar-refractivity contribution in [3.63, 3.8) is 0 Å². The van der Waals surface area contributed by atoms with Crippen molar-refractivity contribution in [2.24, 2.45) is 5.41 Å². The lowest BCUT2D eigenvalue weighted by Gasteiger charge is -2.21. The molecule has 0 bridgehead atoms. The van der Waals surface area contributed by atoms with Crippen LogP contribution in [0.2, 0.25) is 0 Å². The van der Waals surface area contributed by atoms with Gasteiger partial charge in [0, 0.05) is 24.8 Å². The minimum atomic E-state index is -0.324. The third-order valence-electron chi connectivity index (χ3n) is 2.22. The minimum absolute atomic E-state index is 0.0227. The molecule has 0 unspecified atom stereocenters. The lowest BCUT2D eigenvalue weighted by Crippen LogP contribution is -2.36. The normalized spacial score (nSPS) is 11.2. The summed E-state index contributed by atoms with van der Waals surface area (Å²) < 4.78 is 0.418. The average molecular weight is 240 g/mol. The Labute approximate surface area is 99.7 Å². The molecule has 1 aromatic heterocycles. The molecule has 1 aromatic rings. The number of aliphatic hydroxyl groups excluding tert-OH is 1. The van der Waals surface area contributed by atoms with E-state index >= 15 is 0 Å². The quantitative estimate of drug-likeness (QED) is 0.699. The molecule has 1 amide bonds. The Kier molecular flexibility index (Phi) is 4.20. The average Bonchev–Trinajstić information content (AvgIpc) is 2.27. The van der Waals surface area contributed by atoms with Gasteiger partial charge in [-0.25, -0.2) is 0 Å². The van der Waals surface area contributed by atoms with E-state index in [0.717, 1.165) is 0 Å². The summed E-state index contributed by atoms with van der Waals surface area (Å²) in [6.45, 7) is 4.18. The zero-order chi connectivity index (χ0) is 12.2. The van der Waals surface area contributed by atoms with Gasteiger partial charge in [0.15, 0.2) is 0 Å². The number of nitrogens with one attached hydrogen (secondary N) is 2. The maximum absolute atomic E-state index is 11.7. The number of rotatable bonds is 4. The standard InChI is InChI=1S/C11H16N2O2S/c1-11(2,7-14)6-13-9(15)8-4-3-5-12-10(8)16/h3-5,14H,6-7H2,1-2H3,(H,12,16)(H,13,15). The molecule has 1 heterocycles. The molecule has 0 atom stereocenters. The number of aromatic amines is 1. The topological polar surface area (TPSA) is 65.1 Å². The van der Waals surface area contributed by atoms with Crippen LogP contribution in [0, 0.1) is 10.1 Å². The Balaban J connectivity index is 2.68. The Hall–Kier alpha value is -1.20. The van der Waals surface area contributed by atoms with E-state index in [1.807, 2.05) is 13.8 Å². The van der Waals surface area contributed by atoms with Gasteiger partial charge in [-0.2, -0.15) is 0 Å². The van der Waals surface area contributed by atoms with Crippen LogP contribution in [0.4, 0.5) is 0 Å². The second-order valence-corrected chi connectivity index (χ2v) is 4.83. The molecule has 0 spiro atoms. The van der Waals surface area contributed by atoms with Gasteiger partial charge in [-0.3, -0.25) is 4.79 Å². The molecule has 0 saturated heterocycles. The predicted molar refractivity (Wildman–Crippen MR) is 64.8 cm³/mol. The Morgan fingerprint density at radius 3 is 2.88 bits per heavy atom. The number of aliphatic hydroxyl groups is 1. The number of hydrogen-bond acceptors (Lipinski definition) is 3. The third-order valence-corrected chi connectivity index (χ3v) is 2.56. The van der Waals surface area contributed by atoms with Gasteiger partial charge in [-0.1, -0.05) is 26.1 Å². The zero-order valence-electron chi connectivity index (χ0n) is 9.41. The SMILES string of the molecule is CC(C)(CO)CNC(=O)c1ccc[nH]c1=S. The lowest BCUT2D eigenvalue weighted by molar-refractivity contribution is 0.0910. The molecule has 88 valence electrons. The van der Waals surface area contributed by atoms with E-state index in [2.05, 4.69) is 10.3 Å². The molecule has 0 aliphatic carbocycles. The maximum atomic E-state index is 11.7. The molecule has 0 radical (unpaired) electrons. The summed E-state index contributed by atoms with van der Waals surface area (Å²) in [5.41, 5.74) is 0.127. The maximum Gasteiger partial charge on any atom is 0.254 e. The fourth-order valence-corrected chi connectivity index (χ4v) is 1.30. The van der Waals surface area contributed by atoms with Crippen molar-refractivity contribution in [2.75, 3.05) is 13.2 Å². The summed E-state index contributed by atoms with van der Waals surface area (Å²) in [6, 6.07) is 3.39. The highest BCUT2D eigenvalue weighted by Crippen LogP contribution is 2.11. The van der Waals surface area contributed by atoms with Gasteiger partial charge in [-0.15, -0.1) is 0 Å². The van der Waals surface area contributed by atoms with Crippen molar-refractivity contribution in [1.82, 2.24) is 10.3 Å². The van der Waals surface area contributed by atoms with Gasteiger partial charge in [0.25, 0.3) is 5.91 Å². The highest BCUT2D eigenvalue weighted by atomic mass is 32.1. The van der Waals surface area contributed by atoms with Crippen molar-refractivity contribution >= 4 is 18.1 Å². The first-order valence-corrected chi connectivity index (χ1v) is 5.44. The number of hydrogen-bond donors (Lipinski definition) is 3. The van der Waals surface area contributed by atoms with Gasteiger partial charge in [0.2, 0.25) is 0 Å². The van der Waals surface area contributed by atoms with Gasteiger partial charge < -0.3 is 15.4 Å². The second kappa shape index (κ2) is 5.23. The summed E-state index contributed by atoms with van der Waals surface area (Å²) >= 11 is 5.00. The van der Waals surface area contributed by atoms with Crippen LogP contribution in [0.15, 0.2) is 18.3 Å². The van der Waals surface area contributed by atoms with Crippen LogP contribution in [0.5, 0.6) is 0 Å². The Morgan fingerprint density at radius 1 is 1.62 bits per heavy atom. The Morgan fingerprint density at radius 2 is 2.31 bits per heavy atom. The largest absolute Gasteiger partial charge is 0.396 e. The number of amides is 1. The molecule has 3 N–H and O–H groups in total. The molecule has 4 nitrogen and oxygen atoms in total. The summed E-state index contributed by atoms with van der Waals surface area (Å²) in [7, 11) is 0. The first-order valence-electron chi connectivity index (χ1n) is 5.03. The van der Waals surface area contributed by atoms with Crippen molar-refractivity contribution < 1.29 is 9.90 Å². The molecule has 0 fully saturated rings. The van der Waals surface area contributed by atoms with Gasteiger partial charge >= 0.3 is 0 Å². The molecular weight excluding hydrogens is 224 g/mol. The van der Waals surface area contributed by atoms with Gasteiger partial charge in [0.05, 0.1) is 5.56 Å². The smallest absolute Gasteiger partial charge is 0.254 e. The van der Waals surface area contributed by atoms with Crippen molar-refractivity contribution in [3.05, 3.63) is 28.5 Å². The predicted octanol–water partition coefficient (Wildman–Crippen LogP) is 1.49. The molecular formula is C11H16N2O2S. The van der Waals surface area contributed by atoms with Crippen LogP contribution >= 0.6 is 12.2 Å². The van der Waals surface area contributed by atoms with E-state index in [9.17, 15) is 4.79 Å². The second-order valence-electron chi connectivity index (χ2n) is 4.42. The number of carbonyl (C=O) groups excluding carboxylic acids is 1. The number of H-pyrrole nitrogens is 1. The number of pyridine rings is 1. The first-order chi connectivity index (χ1) is 7.46. The van der Waals surface area contributed by atoms with Crippen LogP contribution in [0.3, 0.4) is 0 Å². The minimum Gasteiger partial charge on any atom is -0.396 e. The van der Waals surface area contributed by atoms with Crippen LogP contribution in [-0.2, 0) is 0 Å². The van der Waals surface area contributed by atoms with Crippen molar-refractivity contribution in [1.29, 1.82) is 0 Å². The fraction of sp³-hybridized carbons (Fsp3) is 0.455. The zero-order valence-corrected chi connectivity index (χ0v) is 10.2. The highest BCUT2D eigenvalue weighted by Gasteiger charge is 2.18. The van der Waals surface area contributed by atoms with Crippen molar-refractivity contribution in [3.8, 4) is 0 Å². The van der Waals surface area contributed by atoms with E-state index in [-0.39, 0.29) is 17.9 Å². The Bertz CT molecular complexity index is 426. The first kappa shape index (κ1) is 12.9. The summed E-state index contributed by atoms with van der Waals surface area (Å²) in [6.07, 6.45) is 1.68. The van der Waals surface area contributed by atoms with E-state index in [1.165, 1.54) is 0 Å².